The average Bonchev–Trinajstić information content (AvgIpc) is 1.88. The van der Waals surface area contributed by atoms with E-state index in [2.05, 4.69) is 9.68 Å². The molecule has 0 aliphatic carbocycles. The van der Waals surface area contributed by atoms with Crippen molar-refractivity contribution in [3.05, 3.63) is 0 Å². The maximum absolute atomic E-state index is 11.1. The fraction of sp³-hybridized carbons (Fsp3) is 0.600. The van der Waals surface area contributed by atoms with Gasteiger partial charge in [-0.3, -0.25) is 15.1 Å². The van der Waals surface area contributed by atoms with Crippen LogP contribution in [0.5, 0.6) is 0 Å². The number of hydrogen-bond acceptors (Lipinski definition) is 4. The lowest BCUT2D eigenvalue weighted by Gasteiger charge is -1.97. The summed E-state index contributed by atoms with van der Waals surface area (Å²) in [6.07, 6.45) is -0.454. The molecular weight excluding hydrogens is 141 g/mol. The van der Waals surface area contributed by atoms with Gasteiger partial charge in [-0.15, -0.1) is 0 Å². The lowest BCUT2D eigenvalue weighted by molar-refractivity contribution is -0.142. The van der Waals surface area contributed by atoms with Crippen LogP contribution in [-0.2, 0) is 14.5 Å². The minimum atomic E-state index is -0.738. The first-order valence-corrected chi connectivity index (χ1v) is 2.72. The zero-order valence-corrected chi connectivity index (χ0v) is 5.52. The van der Waals surface area contributed by atoms with Crippen molar-refractivity contribution in [2.45, 2.75) is 13.3 Å². The van der Waals surface area contributed by atoms with Gasteiger partial charge in [0.05, 0.1) is 6.61 Å². The van der Waals surface area contributed by atoms with Gasteiger partial charge in [0, 0.05) is 4.53 Å². The summed E-state index contributed by atoms with van der Waals surface area (Å²) in [4.78, 5) is 13.4. The second-order valence-corrected chi connectivity index (χ2v) is 1.48. The van der Waals surface area contributed by atoms with Crippen LogP contribution in [0.3, 0.4) is 0 Å². The largest absolute Gasteiger partial charge is 0.466 e. The number of hydrogen-bond donors (Lipinski definition) is 1. The van der Waals surface area contributed by atoms with Crippen LogP contribution in [0.15, 0.2) is 0 Å². The third-order valence-electron chi connectivity index (χ3n) is 0.703. The molecular formula is C5H8FNO3. The predicted octanol–water partition coefficient (Wildman–Crippen LogP) is 0.818. The molecule has 0 aromatic rings. The topological polar surface area (TPSA) is 59.4 Å². The average molecular weight is 149 g/mol. The van der Waals surface area contributed by atoms with Crippen molar-refractivity contribution in [2.24, 2.45) is 0 Å². The Kier molecular flexibility index (Phi) is 4.19. The molecule has 0 amide bonds. The fourth-order valence-electron chi connectivity index (χ4n) is 0.370. The van der Waals surface area contributed by atoms with Crippen LogP contribution in [0.1, 0.15) is 13.3 Å². The molecule has 0 unspecified atom stereocenters. The van der Waals surface area contributed by atoms with Gasteiger partial charge in [-0.2, -0.15) is 0 Å². The highest BCUT2D eigenvalue weighted by molar-refractivity contribution is 5.92. The number of carbonyl (C=O) groups is 1. The van der Waals surface area contributed by atoms with E-state index in [1.807, 2.05) is 0 Å². The van der Waals surface area contributed by atoms with Crippen molar-refractivity contribution >= 4 is 11.9 Å². The summed E-state index contributed by atoms with van der Waals surface area (Å²) >= 11 is 0. The van der Waals surface area contributed by atoms with Gasteiger partial charge in [0.15, 0.2) is 0 Å². The molecule has 0 saturated carbocycles. The molecule has 58 valence electrons. The van der Waals surface area contributed by atoms with E-state index < -0.39 is 18.3 Å². The van der Waals surface area contributed by atoms with E-state index in [1.54, 1.807) is 6.92 Å². The van der Waals surface area contributed by atoms with E-state index in [9.17, 15) is 9.32 Å². The summed E-state index contributed by atoms with van der Waals surface area (Å²) in [5.41, 5.74) is 0. The summed E-state index contributed by atoms with van der Waals surface area (Å²) in [5.74, 6) is -1.40. The normalized spacial score (nSPS) is 8.60. The zero-order valence-electron chi connectivity index (χ0n) is 5.52. The lowest BCUT2D eigenvalue weighted by atomic mass is 10.4. The Morgan fingerprint density at radius 3 is 2.70 bits per heavy atom. The molecule has 0 fully saturated rings. The molecule has 0 bridgehead atoms. The van der Waals surface area contributed by atoms with E-state index in [-0.39, 0.29) is 6.61 Å². The van der Waals surface area contributed by atoms with E-state index in [0.29, 0.717) is 0 Å². The standard InChI is InChI=1S/C5H8FNO3/c1-2-9-5(8)3-4(7)10-6/h7H,2-3H2,1H3. The summed E-state index contributed by atoms with van der Waals surface area (Å²) in [5, 5.41) is 6.55. The van der Waals surface area contributed by atoms with Crippen LogP contribution in [0.25, 0.3) is 0 Å². The van der Waals surface area contributed by atoms with Gasteiger partial charge in [-0.1, -0.05) is 0 Å². The highest BCUT2D eigenvalue weighted by atomic mass is 19.3. The maximum Gasteiger partial charge on any atom is 0.315 e. The van der Waals surface area contributed by atoms with E-state index in [1.165, 1.54) is 0 Å². The van der Waals surface area contributed by atoms with E-state index in [4.69, 9.17) is 5.41 Å². The molecule has 0 atom stereocenters. The van der Waals surface area contributed by atoms with Crippen LogP contribution in [0, 0.1) is 5.41 Å². The number of ether oxygens (including phenoxy) is 1. The zero-order chi connectivity index (χ0) is 7.98. The van der Waals surface area contributed by atoms with Gasteiger partial charge in [0.1, 0.15) is 6.42 Å². The lowest BCUT2D eigenvalue weighted by Crippen LogP contribution is -2.10. The number of esters is 1. The molecule has 0 aromatic carbocycles. The first-order valence-electron chi connectivity index (χ1n) is 2.72. The molecule has 10 heavy (non-hydrogen) atoms. The minimum absolute atomic E-state index is 0.221. The van der Waals surface area contributed by atoms with Gasteiger partial charge in [0.25, 0.3) is 0 Å². The molecule has 0 aromatic heterocycles. The summed E-state index contributed by atoms with van der Waals surface area (Å²) < 4.78 is 15.4. The third kappa shape index (κ3) is 3.82. The van der Waals surface area contributed by atoms with Crippen molar-refractivity contribution in [1.29, 1.82) is 5.41 Å². The summed E-state index contributed by atoms with van der Waals surface area (Å²) in [7, 11) is 0. The molecule has 0 radical (unpaired) electrons. The van der Waals surface area contributed by atoms with Crippen molar-refractivity contribution in [2.75, 3.05) is 6.61 Å². The maximum atomic E-state index is 11.1. The number of rotatable bonds is 3. The third-order valence-corrected chi connectivity index (χ3v) is 0.703. The van der Waals surface area contributed by atoms with Crippen molar-refractivity contribution in [1.82, 2.24) is 0 Å². The molecule has 4 nitrogen and oxygen atoms in total. The van der Waals surface area contributed by atoms with Gasteiger partial charge >= 0.3 is 5.97 Å². The van der Waals surface area contributed by atoms with Crippen molar-refractivity contribution in [3.63, 3.8) is 0 Å². The Bertz CT molecular complexity index is 137. The van der Waals surface area contributed by atoms with Gasteiger partial charge in [0.2, 0.25) is 5.90 Å². The molecule has 0 spiro atoms. The Morgan fingerprint density at radius 1 is 1.70 bits per heavy atom. The van der Waals surface area contributed by atoms with Gasteiger partial charge in [-0.25, -0.2) is 0 Å². The Labute approximate surface area is 57.3 Å². The number of carbonyl (C=O) groups excluding carboxylic acids is 1. The van der Waals surface area contributed by atoms with Crippen molar-refractivity contribution < 1.29 is 19.0 Å². The second-order valence-electron chi connectivity index (χ2n) is 1.48. The monoisotopic (exact) mass is 149 g/mol. The van der Waals surface area contributed by atoms with Gasteiger partial charge in [-0.05, 0) is 6.92 Å². The molecule has 0 aliphatic heterocycles. The van der Waals surface area contributed by atoms with Crippen LogP contribution in [0.2, 0.25) is 0 Å². The van der Waals surface area contributed by atoms with Crippen LogP contribution in [0.4, 0.5) is 4.53 Å². The number of halogens is 1. The minimum Gasteiger partial charge on any atom is -0.466 e. The summed E-state index contributed by atoms with van der Waals surface area (Å²) in [6.45, 7) is 1.84. The van der Waals surface area contributed by atoms with Crippen molar-refractivity contribution in [3.8, 4) is 0 Å². The molecule has 0 heterocycles. The summed E-state index contributed by atoms with van der Waals surface area (Å²) in [6, 6.07) is 0. The fourth-order valence-corrected chi connectivity index (χ4v) is 0.370. The Hall–Kier alpha value is -1.13. The first kappa shape index (κ1) is 8.87. The second kappa shape index (κ2) is 4.72. The molecule has 0 saturated heterocycles. The first-order chi connectivity index (χ1) is 4.70. The van der Waals surface area contributed by atoms with E-state index >= 15 is 0 Å². The molecule has 1 N–H and O–H groups in total. The quantitative estimate of drug-likeness (QED) is 0.367. The Balaban J connectivity index is 3.47. The Morgan fingerprint density at radius 2 is 2.30 bits per heavy atom. The number of nitrogens with one attached hydrogen (secondary N) is 1. The van der Waals surface area contributed by atoms with Crippen LogP contribution in [-0.4, -0.2) is 18.5 Å². The van der Waals surface area contributed by atoms with Crippen LogP contribution >= 0.6 is 0 Å². The van der Waals surface area contributed by atoms with Gasteiger partial charge < -0.3 is 4.74 Å². The smallest absolute Gasteiger partial charge is 0.315 e. The van der Waals surface area contributed by atoms with Crippen LogP contribution < -0.4 is 0 Å². The highest BCUT2D eigenvalue weighted by Gasteiger charge is 2.07. The predicted molar refractivity (Wildman–Crippen MR) is 31.2 cm³/mol. The molecule has 0 aliphatic rings. The van der Waals surface area contributed by atoms with E-state index in [0.717, 1.165) is 0 Å². The molecule has 5 heteroatoms. The highest BCUT2D eigenvalue weighted by Crippen LogP contribution is 1.90. The SMILES string of the molecule is CCOC(=O)CC(=N)OF. The molecule has 0 rings (SSSR count).